The summed E-state index contributed by atoms with van der Waals surface area (Å²) in [7, 11) is 5.37. The maximum Gasteiger partial charge on any atom is 0.416 e. The standard InChI is InChI=1S/C23H17BF5N5O4/c1-9-8-34-17(19(30)31-9)16(33-21(34)22(24,37)38)14-3-2-13(7-15(14)26)32-20(36)18(35)10-4-11(23(27,28)29)6-12(25)5-10/h2-8,18,35,37-38H,1H3,(H2,30,31)(H,32,36). The predicted octanol–water partition coefficient (Wildman–Crippen LogP) is 2.52. The van der Waals surface area contributed by atoms with E-state index in [1.54, 1.807) is 6.92 Å². The second-order valence-corrected chi connectivity index (χ2v) is 8.35. The molecule has 0 bridgehead atoms. The van der Waals surface area contributed by atoms with Crippen molar-refractivity contribution in [3.63, 3.8) is 0 Å². The van der Waals surface area contributed by atoms with Crippen LogP contribution in [0.2, 0.25) is 0 Å². The number of nitrogen functional groups attached to an aromatic ring is 1. The van der Waals surface area contributed by atoms with Crippen molar-refractivity contribution in [1.82, 2.24) is 14.4 Å². The van der Waals surface area contributed by atoms with Gasteiger partial charge in [-0.3, -0.25) is 9.20 Å². The average molecular weight is 533 g/mol. The number of rotatable bonds is 5. The Morgan fingerprint density at radius 1 is 1.13 bits per heavy atom. The highest BCUT2D eigenvalue weighted by molar-refractivity contribution is 6.13. The molecule has 0 spiro atoms. The number of nitrogens with one attached hydrogen (secondary N) is 1. The summed E-state index contributed by atoms with van der Waals surface area (Å²) in [5.41, 5.74) is 0.722. The SMILES string of the molecule is [B]C(O)(O)c1nc(-c2ccc(NC(=O)C(O)c3cc(F)cc(C(F)(F)F)c3)cc2F)c2c(N)nc(C)cn12. The summed E-state index contributed by atoms with van der Waals surface area (Å²) < 4.78 is 68.8. The lowest BCUT2D eigenvalue weighted by Gasteiger charge is -2.15. The number of hydrogen-bond acceptors (Lipinski definition) is 7. The molecule has 1 atom stereocenters. The van der Waals surface area contributed by atoms with Gasteiger partial charge in [-0.2, -0.15) is 13.2 Å². The molecule has 15 heteroatoms. The second-order valence-electron chi connectivity index (χ2n) is 8.35. The number of benzene rings is 2. The van der Waals surface area contributed by atoms with E-state index in [1.165, 1.54) is 12.3 Å². The molecule has 4 rings (SSSR count). The molecule has 9 nitrogen and oxygen atoms in total. The molecule has 0 saturated heterocycles. The first-order valence-electron chi connectivity index (χ1n) is 10.6. The molecule has 2 radical (unpaired) electrons. The number of carbonyl (C=O) groups is 1. The van der Waals surface area contributed by atoms with E-state index in [4.69, 9.17) is 13.6 Å². The van der Waals surface area contributed by atoms with Gasteiger partial charge in [0, 0.05) is 17.4 Å². The number of aromatic nitrogens is 3. The number of halogens is 5. The molecule has 38 heavy (non-hydrogen) atoms. The van der Waals surface area contributed by atoms with Gasteiger partial charge in [0.15, 0.2) is 25.5 Å². The van der Waals surface area contributed by atoms with Gasteiger partial charge in [0.05, 0.1) is 11.3 Å². The average Bonchev–Trinajstić information content (AvgIpc) is 3.17. The predicted molar refractivity (Wildman–Crippen MR) is 124 cm³/mol. The number of hydrogen-bond donors (Lipinski definition) is 5. The van der Waals surface area contributed by atoms with Crippen LogP contribution in [0.4, 0.5) is 33.5 Å². The van der Waals surface area contributed by atoms with Gasteiger partial charge < -0.3 is 26.4 Å². The van der Waals surface area contributed by atoms with Gasteiger partial charge in [-0.15, -0.1) is 0 Å². The van der Waals surface area contributed by atoms with Crippen LogP contribution in [-0.2, 0) is 16.7 Å². The van der Waals surface area contributed by atoms with Crippen molar-refractivity contribution in [2.24, 2.45) is 0 Å². The van der Waals surface area contributed by atoms with Crippen LogP contribution >= 0.6 is 0 Å². The summed E-state index contributed by atoms with van der Waals surface area (Å²) >= 11 is 0. The smallest absolute Gasteiger partial charge is 0.382 e. The zero-order valence-electron chi connectivity index (χ0n) is 19.3. The van der Waals surface area contributed by atoms with Crippen molar-refractivity contribution < 1.29 is 42.1 Å². The van der Waals surface area contributed by atoms with Gasteiger partial charge in [0.25, 0.3) is 5.91 Å². The Morgan fingerprint density at radius 3 is 2.42 bits per heavy atom. The van der Waals surface area contributed by atoms with E-state index in [0.29, 0.717) is 17.8 Å². The Balaban J connectivity index is 1.67. The number of alkyl halides is 3. The number of anilines is 2. The van der Waals surface area contributed by atoms with Gasteiger partial charge in [-0.1, -0.05) is 0 Å². The van der Waals surface area contributed by atoms with E-state index >= 15 is 4.39 Å². The lowest BCUT2D eigenvalue weighted by atomic mass is 9.94. The Morgan fingerprint density at radius 2 is 1.82 bits per heavy atom. The largest absolute Gasteiger partial charge is 0.416 e. The number of carbonyl (C=O) groups excluding carboxylic acids is 1. The molecule has 1 amide bonds. The normalized spacial score (nSPS) is 13.1. The Labute approximate surface area is 211 Å². The van der Waals surface area contributed by atoms with Gasteiger partial charge in [-0.05, 0) is 48.9 Å². The maximum atomic E-state index is 15.1. The van der Waals surface area contributed by atoms with Crippen molar-refractivity contribution >= 4 is 30.8 Å². The Kier molecular flexibility index (Phi) is 6.63. The minimum Gasteiger partial charge on any atom is -0.382 e. The lowest BCUT2D eigenvalue weighted by Crippen LogP contribution is -2.28. The fourth-order valence-corrected chi connectivity index (χ4v) is 3.79. The summed E-state index contributed by atoms with van der Waals surface area (Å²) in [6.45, 7) is 1.56. The summed E-state index contributed by atoms with van der Waals surface area (Å²) in [6, 6.07) is 4.30. The van der Waals surface area contributed by atoms with Crippen LogP contribution in [-0.4, -0.2) is 43.4 Å². The third-order valence-electron chi connectivity index (χ3n) is 5.40. The van der Waals surface area contributed by atoms with E-state index in [2.05, 4.69) is 15.3 Å². The molecule has 2 aromatic carbocycles. The number of aliphatic hydroxyl groups excluding tert-OH is 1. The third kappa shape index (κ3) is 5.16. The van der Waals surface area contributed by atoms with Gasteiger partial charge in [0.1, 0.15) is 28.7 Å². The second kappa shape index (κ2) is 9.34. The number of amides is 1. The molecular weight excluding hydrogens is 516 g/mol. The topological polar surface area (TPSA) is 146 Å². The first kappa shape index (κ1) is 27.0. The Hall–Kier alpha value is -4.08. The number of aryl methyl sites for hydroxylation is 1. The molecular formula is C23H17BF5N5O4. The molecule has 4 aromatic rings. The lowest BCUT2D eigenvalue weighted by molar-refractivity contribution is -0.138. The molecule has 0 aliphatic carbocycles. The number of imidazole rings is 1. The highest BCUT2D eigenvalue weighted by Gasteiger charge is 2.33. The molecule has 0 aliphatic rings. The van der Waals surface area contributed by atoms with E-state index < -0.39 is 52.5 Å². The maximum absolute atomic E-state index is 15.1. The van der Waals surface area contributed by atoms with Crippen molar-refractivity contribution in [2.75, 3.05) is 11.1 Å². The monoisotopic (exact) mass is 533 g/mol. The molecule has 196 valence electrons. The number of nitrogens with two attached hydrogens (primary N) is 1. The summed E-state index contributed by atoms with van der Waals surface area (Å²) in [4.78, 5) is 20.5. The van der Waals surface area contributed by atoms with Crippen molar-refractivity contribution in [2.45, 2.75) is 24.9 Å². The molecule has 0 aliphatic heterocycles. The van der Waals surface area contributed by atoms with Gasteiger partial charge >= 0.3 is 6.18 Å². The van der Waals surface area contributed by atoms with E-state index in [1.807, 2.05) is 0 Å². The quantitative estimate of drug-likeness (QED) is 0.151. The van der Waals surface area contributed by atoms with Crippen LogP contribution in [0.1, 0.15) is 28.7 Å². The van der Waals surface area contributed by atoms with E-state index in [-0.39, 0.29) is 34.3 Å². The first-order valence-corrected chi connectivity index (χ1v) is 10.6. The molecule has 6 N–H and O–H groups in total. The minimum atomic E-state index is -4.92. The Bertz CT molecular complexity index is 1570. The van der Waals surface area contributed by atoms with Crippen LogP contribution in [0.15, 0.2) is 42.6 Å². The van der Waals surface area contributed by atoms with Crippen LogP contribution in [0.25, 0.3) is 16.8 Å². The van der Waals surface area contributed by atoms with Gasteiger partial charge in [0.2, 0.25) is 0 Å². The van der Waals surface area contributed by atoms with E-state index in [9.17, 15) is 37.7 Å². The fraction of sp³-hybridized carbons (Fsp3) is 0.174. The van der Waals surface area contributed by atoms with Crippen LogP contribution in [0.5, 0.6) is 0 Å². The number of nitrogens with zero attached hydrogens (tertiary/aromatic N) is 3. The summed E-state index contributed by atoms with van der Waals surface area (Å²) in [5.74, 6) is -4.19. The number of fused-ring (bicyclic) bond motifs is 1. The summed E-state index contributed by atoms with van der Waals surface area (Å²) in [6.07, 6.45) is -5.79. The molecule has 0 saturated carbocycles. The van der Waals surface area contributed by atoms with E-state index in [0.717, 1.165) is 16.5 Å². The summed E-state index contributed by atoms with van der Waals surface area (Å²) in [5, 5.41) is 32.1. The molecule has 1 unspecified atom stereocenters. The molecule has 2 aromatic heterocycles. The first-order chi connectivity index (χ1) is 17.6. The van der Waals surface area contributed by atoms with Gasteiger partial charge in [-0.25, -0.2) is 18.7 Å². The highest BCUT2D eigenvalue weighted by atomic mass is 19.4. The van der Waals surface area contributed by atoms with Crippen molar-refractivity contribution in [3.05, 3.63) is 76.9 Å². The van der Waals surface area contributed by atoms with Crippen LogP contribution in [0, 0.1) is 18.6 Å². The minimum absolute atomic E-state index is 0.00112. The zero-order chi connectivity index (χ0) is 28.2. The highest BCUT2D eigenvalue weighted by Crippen LogP contribution is 2.34. The van der Waals surface area contributed by atoms with Crippen LogP contribution in [0.3, 0.4) is 0 Å². The molecule has 2 heterocycles. The van der Waals surface area contributed by atoms with Crippen molar-refractivity contribution in [3.8, 4) is 11.3 Å². The third-order valence-corrected chi connectivity index (χ3v) is 5.40. The fourth-order valence-electron chi connectivity index (χ4n) is 3.79. The number of aliphatic hydroxyl groups is 3. The zero-order valence-corrected chi connectivity index (χ0v) is 19.3. The van der Waals surface area contributed by atoms with Crippen LogP contribution < -0.4 is 11.1 Å². The van der Waals surface area contributed by atoms with Crippen molar-refractivity contribution in [1.29, 1.82) is 0 Å². The molecule has 0 fully saturated rings.